The normalized spacial score (nSPS) is 37.8. The number of carbonyl (C=O) groups is 3. The maximum Gasteiger partial charge on any atom is 1.00 e. The summed E-state index contributed by atoms with van der Waals surface area (Å²) in [5.41, 5.74) is 5.50. The Bertz CT molecular complexity index is 1180. The van der Waals surface area contributed by atoms with Crippen molar-refractivity contribution in [1.29, 1.82) is 0 Å². The van der Waals surface area contributed by atoms with E-state index in [0.717, 1.165) is 32.1 Å². The molecule has 15 atom stereocenters. The zero-order valence-corrected chi connectivity index (χ0v) is 34.7. The van der Waals surface area contributed by atoms with Gasteiger partial charge in [-0.05, 0) is 44.4 Å². The Morgan fingerprint density at radius 2 is 1.64 bits per heavy atom. The van der Waals surface area contributed by atoms with Gasteiger partial charge in [-0.2, -0.15) is 0 Å². The van der Waals surface area contributed by atoms with Crippen LogP contribution >= 0.6 is 0 Å². The average molecular weight is 799 g/mol. The number of ketones is 1. The van der Waals surface area contributed by atoms with Crippen LogP contribution in [0, 0.1) is 17.8 Å². The van der Waals surface area contributed by atoms with Crippen molar-refractivity contribution in [2.45, 2.75) is 171 Å². The Labute approximate surface area is 345 Å². The molecule has 4 fully saturated rings. The fourth-order valence-electron chi connectivity index (χ4n) is 8.36. The Balaban J connectivity index is 0.00000812. The van der Waals surface area contributed by atoms with Gasteiger partial charge in [-0.3, -0.25) is 9.59 Å². The van der Waals surface area contributed by atoms with Crippen LogP contribution in [0.5, 0.6) is 0 Å². The molecule has 4 aliphatic rings. The van der Waals surface area contributed by atoms with Crippen LogP contribution in [0.4, 0.5) is 0 Å². The van der Waals surface area contributed by atoms with Gasteiger partial charge in [0.15, 0.2) is 12.6 Å². The first kappa shape index (κ1) is 48.5. The molecule has 1 amide bonds. The molecule has 55 heavy (non-hydrogen) atoms. The van der Waals surface area contributed by atoms with E-state index in [2.05, 4.69) is 5.32 Å². The van der Waals surface area contributed by atoms with Crippen molar-refractivity contribution >= 4 is 17.7 Å². The van der Waals surface area contributed by atoms with Crippen molar-refractivity contribution in [3.8, 4) is 0 Å². The molecule has 2 heterocycles. The van der Waals surface area contributed by atoms with Gasteiger partial charge in [0.1, 0.15) is 48.4 Å². The van der Waals surface area contributed by atoms with E-state index in [1.54, 1.807) is 0 Å². The molecule has 17 nitrogen and oxygen atoms in total. The zero-order chi connectivity index (χ0) is 39.5. The molecule has 2 aliphatic heterocycles. The minimum Gasteiger partial charge on any atom is -0.547 e. The first-order chi connectivity index (χ1) is 25.8. The molecule has 312 valence electrons. The number of carbonyl (C=O) groups excluding carboxylic acids is 3. The number of amides is 1. The monoisotopic (exact) mass is 798 g/mol. The first-order valence-corrected chi connectivity index (χ1v) is 19.7. The molecule has 2 saturated heterocycles. The van der Waals surface area contributed by atoms with E-state index in [9.17, 15) is 45.0 Å². The molecule has 2 saturated carbocycles. The van der Waals surface area contributed by atoms with E-state index < -0.39 is 104 Å². The largest absolute Gasteiger partial charge is 1.00 e. The number of carboxylic acid groups (broad SMARTS) is 1. The standard InChI is InChI=1S/C37H64N2O15.Na/c1-4-22-16-23(24(42)11-8-13-49-14-12-38)17-25(33(22)54-37-32(46)31(45)29(43)19(2)50-37)52-36-28(39-20(3)41)34(30(44)27(18-40)53-36)51-26(35(47)48)15-21-9-6-5-7-10-21;/h19,21-23,25-34,36-37,40,43-46H,4-18,38H2,1-3H3,(H,39,41)(H,47,48);/q;+1/p-1/t19?,22?,23?,25-,26+,27+,28?,29-,30+,31+,32?,33-,34?,36-,37+;/m1./s1. The molecule has 0 aromatic rings. The van der Waals surface area contributed by atoms with Gasteiger partial charge in [0.05, 0.1) is 43.6 Å². The minimum absolute atomic E-state index is 0. The number of nitrogens with one attached hydrogen (secondary N) is 1. The van der Waals surface area contributed by atoms with Gasteiger partial charge in [0.2, 0.25) is 5.91 Å². The van der Waals surface area contributed by atoms with Gasteiger partial charge in [0.25, 0.3) is 0 Å². The van der Waals surface area contributed by atoms with Gasteiger partial charge >= 0.3 is 29.6 Å². The summed E-state index contributed by atoms with van der Waals surface area (Å²) < 4.78 is 36.4. The molecular weight excluding hydrogens is 735 g/mol. The van der Waals surface area contributed by atoms with Crippen molar-refractivity contribution < 1.29 is 103 Å². The Kier molecular flexibility index (Phi) is 20.9. The summed E-state index contributed by atoms with van der Waals surface area (Å²) in [6.45, 7) is 5.04. The van der Waals surface area contributed by atoms with E-state index in [1.165, 1.54) is 13.8 Å². The quantitative estimate of drug-likeness (QED) is 0.0479. The van der Waals surface area contributed by atoms with Gasteiger partial charge in [0, 0.05) is 32.4 Å². The molecule has 0 aromatic heterocycles. The van der Waals surface area contributed by atoms with Crippen LogP contribution < -0.4 is 45.7 Å². The predicted molar refractivity (Wildman–Crippen MR) is 187 cm³/mol. The summed E-state index contributed by atoms with van der Waals surface area (Å²) in [6.07, 6.45) is -9.51. The third-order valence-electron chi connectivity index (χ3n) is 11.4. The molecule has 18 heteroatoms. The second-order valence-corrected chi connectivity index (χ2v) is 15.4. The van der Waals surface area contributed by atoms with Crippen LogP contribution in [-0.2, 0) is 42.8 Å². The number of aliphatic hydroxyl groups excluding tert-OH is 5. The van der Waals surface area contributed by atoms with Crippen molar-refractivity contribution in [3.63, 3.8) is 0 Å². The minimum atomic E-state index is -1.63. The van der Waals surface area contributed by atoms with E-state index >= 15 is 0 Å². The molecule has 0 bridgehead atoms. The third kappa shape index (κ3) is 13.3. The van der Waals surface area contributed by atoms with Gasteiger partial charge in [-0.15, -0.1) is 0 Å². The summed E-state index contributed by atoms with van der Waals surface area (Å²) in [7, 11) is 0. The van der Waals surface area contributed by atoms with Gasteiger partial charge < -0.3 is 74.9 Å². The van der Waals surface area contributed by atoms with E-state index in [4.69, 9.17) is 34.2 Å². The summed E-state index contributed by atoms with van der Waals surface area (Å²) in [5, 5.41) is 68.5. The van der Waals surface area contributed by atoms with Crippen LogP contribution in [-0.4, -0.2) is 149 Å². The number of ether oxygens (including phenoxy) is 6. The van der Waals surface area contributed by atoms with Crippen molar-refractivity contribution in [3.05, 3.63) is 0 Å². The van der Waals surface area contributed by atoms with E-state index in [-0.39, 0.29) is 66.4 Å². The van der Waals surface area contributed by atoms with Crippen LogP contribution in [0.3, 0.4) is 0 Å². The predicted octanol–water partition coefficient (Wildman–Crippen LogP) is -4.59. The number of Topliss-reactive ketones (excluding diaryl/α,β-unsaturated/α-hetero) is 1. The molecule has 2 aliphatic carbocycles. The second kappa shape index (κ2) is 23.7. The first-order valence-electron chi connectivity index (χ1n) is 19.7. The van der Waals surface area contributed by atoms with Crippen molar-refractivity contribution in [2.75, 3.05) is 26.4 Å². The van der Waals surface area contributed by atoms with Crippen LogP contribution in [0.1, 0.15) is 91.4 Å². The Morgan fingerprint density at radius 1 is 0.927 bits per heavy atom. The molecule has 0 spiro atoms. The van der Waals surface area contributed by atoms with E-state index in [0.29, 0.717) is 39.0 Å². The molecule has 6 unspecified atom stereocenters. The Hall–Kier alpha value is -0.870. The summed E-state index contributed by atoms with van der Waals surface area (Å²) in [6, 6.07) is -1.29. The topological polar surface area (TPSA) is 269 Å². The molecule has 0 aromatic carbocycles. The molecule has 0 radical (unpaired) electrons. The number of hydrogen-bond acceptors (Lipinski definition) is 16. The van der Waals surface area contributed by atoms with Crippen LogP contribution in [0.2, 0.25) is 0 Å². The number of carboxylic acids is 1. The van der Waals surface area contributed by atoms with Crippen molar-refractivity contribution in [1.82, 2.24) is 5.32 Å². The fourth-order valence-corrected chi connectivity index (χ4v) is 8.36. The SMILES string of the molecule is CCC1CC(C(=O)CCCOCCN)C[C@@H](O[C@@H]2O[C@@H](CO)[C@H](O)C(O[C@@H](CC3CCCCC3)C(=O)[O-])C2NC(C)=O)[C@@H]1O[C@@H]1OC(C)[C@@H](O)[C@H](O)C1O.[Na+]. The number of nitrogens with two attached hydrogens (primary N) is 1. The summed E-state index contributed by atoms with van der Waals surface area (Å²) in [5.74, 6) is -2.88. The summed E-state index contributed by atoms with van der Waals surface area (Å²) >= 11 is 0. The number of aliphatic hydroxyl groups is 5. The van der Waals surface area contributed by atoms with Crippen LogP contribution in [0.25, 0.3) is 0 Å². The van der Waals surface area contributed by atoms with E-state index in [1.807, 2.05) is 6.92 Å². The maximum absolute atomic E-state index is 13.6. The second-order valence-electron chi connectivity index (χ2n) is 15.4. The van der Waals surface area contributed by atoms with Gasteiger partial charge in [-0.25, -0.2) is 0 Å². The zero-order valence-electron chi connectivity index (χ0n) is 32.7. The smallest absolute Gasteiger partial charge is 0.547 e. The summed E-state index contributed by atoms with van der Waals surface area (Å²) in [4.78, 5) is 38.7. The third-order valence-corrected chi connectivity index (χ3v) is 11.4. The van der Waals surface area contributed by atoms with Crippen molar-refractivity contribution in [2.24, 2.45) is 23.5 Å². The molecular formula is C37H63N2NaO15. The number of rotatable bonds is 19. The molecule has 8 N–H and O–H groups in total. The average Bonchev–Trinajstić information content (AvgIpc) is 3.15. The Morgan fingerprint density at radius 3 is 2.25 bits per heavy atom. The maximum atomic E-state index is 13.6. The number of hydrogen-bond donors (Lipinski definition) is 7. The van der Waals surface area contributed by atoms with Crippen LogP contribution in [0.15, 0.2) is 0 Å². The number of aliphatic carboxylic acids is 1. The van der Waals surface area contributed by atoms with Gasteiger partial charge in [-0.1, -0.05) is 45.4 Å². The fraction of sp³-hybridized carbons (Fsp3) is 0.919. The molecule has 4 rings (SSSR count).